The molecule has 2 N–H and O–H groups in total. The third-order valence-corrected chi connectivity index (χ3v) is 4.24. The fourth-order valence-corrected chi connectivity index (χ4v) is 3.15. The Labute approximate surface area is 130 Å². The quantitative estimate of drug-likeness (QED) is 0.860. The van der Waals surface area contributed by atoms with Crippen LogP contribution in [0.4, 0.5) is 10.1 Å². The first-order valence-corrected chi connectivity index (χ1v) is 7.46. The third-order valence-electron chi connectivity index (χ3n) is 3.59. The molecule has 5 heteroatoms. The minimum atomic E-state index is -0.380. The number of carbonyl (C=O) groups is 1. The molecule has 0 saturated heterocycles. The number of halogens is 2. The lowest BCUT2D eigenvalue weighted by Gasteiger charge is -2.33. The molecule has 0 aliphatic carbocycles. The summed E-state index contributed by atoms with van der Waals surface area (Å²) in [5.41, 5.74) is 8.42. The smallest absolute Gasteiger partial charge is 0.259 e. The summed E-state index contributed by atoms with van der Waals surface area (Å²) in [6.45, 7) is 0.458. The van der Waals surface area contributed by atoms with Gasteiger partial charge in [0.2, 0.25) is 0 Å². The lowest BCUT2D eigenvalue weighted by atomic mass is 9.97. The molecule has 108 valence electrons. The van der Waals surface area contributed by atoms with E-state index in [2.05, 4.69) is 15.9 Å². The van der Waals surface area contributed by atoms with Crippen LogP contribution in [0.25, 0.3) is 0 Å². The molecule has 0 fully saturated rings. The van der Waals surface area contributed by atoms with Gasteiger partial charge in [-0.15, -0.1) is 0 Å². The number of nitrogens with two attached hydrogens (primary N) is 1. The number of fused-ring (bicyclic) bond motifs is 1. The van der Waals surface area contributed by atoms with E-state index in [1.807, 2.05) is 24.3 Å². The van der Waals surface area contributed by atoms with E-state index in [0.717, 1.165) is 17.7 Å². The van der Waals surface area contributed by atoms with Crippen LogP contribution in [0.2, 0.25) is 0 Å². The van der Waals surface area contributed by atoms with Crippen molar-refractivity contribution in [3.05, 3.63) is 63.9 Å². The zero-order valence-corrected chi connectivity index (χ0v) is 12.8. The highest BCUT2D eigenvalue weighted by molar-refractivity contribution is 9.10. The molecule has 1 amide bonds. The topological polar surface area (TPSA) is 46.3 Å². The summed E-state index contributed by atoms with van der Waals surface area (Å²) >= 11 is 3.25. The number of benzene rings is 2. The Hall–Kier alpha value is -1.72. The summed E-state index contributed by atoms with van der Waals surface area (Å²) in [6.07, 6.45) is 0.755. The van der Waals surface area contributed by atoms with Crippen LogP contribution < -0.4 is 10.6 Å². The van der Waals surface area contributed by atoms with Gasteiger partial charge in [-0.3, -0.25) is 4.79 Å². The fourth-order valence-electron chi connectivity index (χ4n) is 2.63. The molecule has 1 aliphatic heterocycles. The zero-order chi connectivity index (χ0) is 15.0. The van der Waals surface area contributed by atoms with Crippen molar-refractivity contribution in [3.63, 3.8) is 0 Å². The van der Waals surface area contributed by atoms with Gasteiger partial charge in [-0.1, -0.05) is 18.2 Å². The van der Waals surface area contributed by atoms with Gasteiger partial charge in [0.25, 0.3) is 5.91 Å². The second-order valence-electron chi connectivity index (χ2n) is 5.13. The number of anilines is 1. The molecule has 1 heterocycles. The minimum absolute atomic E-state index is 0.0944. The van der Waals surface area contributed by atoms with Gasteiger partial charge in [-0.25, -0.2) is 4.39 Å². The van der Waals surface area contributed by atoms with Gasteiger partial charge in [0.05, 0.1) is 5.56 Å². The molecule has 0 saturated carbocycles. The van der Waals surface area contributed by atoms with Crippen LogP contribution in [0, 0.1) is 5.82 Å². The number of nitrogens with zero attached hydrogens (tertiary/aromatic N) is 1. The van der Waals surface area contributed by atoms with Crippen LogP contribution in [0.15, 0.2) is 46.9 Å². The van der Waals surface area contributed by atoms with E-state index < -0.39 is 0 Å². The molecule has 21 heavy (non-hydrogen) atoms. The van der Waals surface area contributed by atoms with E-state index in [1.165, 1.54) is 18.2 Å². The maximum atomic E-state index is 13.2. The molecule has 0 bridgehead atoms. The van der Waals surface area contributed by atoms with Crippen molar-refractivity contribution < 1.29 is 9.18 Å². The molecule has 1 unspecified atom stereocenters. The first kappa shape index (κ1) is 14.2. The predicted molar refractivity (Wildman–Crippen MR) is 83.9 cm³/mol. The van der Waals surface area contributed by atoms with Gasteiger partial charge in [-0.2, -0.15) is 0 Å². The Bertz CT molecular complexity index is 704. The predicted octanol–water partition coefficient (Wildman–Crippen LogP) is 3.12. The van der Waals surface area contributed by atoms with Gasteiger partial charge >= 0.3 is 0 Å². The van der Waals surface area contributed by atoms with Crippen LogP contribution >= 0.6 is 15.9 Å². The number of hydrogen-bond donors (Lipinski definition) is 1. The van der Waals surface area contributed by atoms with E-state index in [-0.39, 0.29) is 17.8 Å². The highest BCUT2D eigenvalue weighted by Crippen LogP contribution is 2.29. The largest absolute Gasteiger partial charge is 0.326 e. The Morgan fingerprint density at radius 2 is 2.05 bits per heavy atom. The van der Waals surface area contributed by atoms with Crippen LogP contribution in [0.3, 0.4) is 0 Å². The highest BCUT2D eigenvalue weighted by Gasteiger charge is 2.28. The molecule has 0 aromatic heterocycles. The summed E-state index contributed by atoms with van der Waals surface area (Å²) in [6, 6.07) is 11.7. The van der Waals surface area contributed by atoms with E-state index in [9.17, 15) is 9.18 Å². The first-order chi connectivity index (χ1) is 10.1. The molecule has 2 aromatic rings. The Morgan fingerprint density at radius 3 is 2.81 bits per heavy atom. The summed E-state index contributed by atoms with van der Waals surface area (Å²) in [5, 5.41) is 0. The van der Waals surface area contributed by atoms with Crippen molar-refractivity contribution in [2.24, 2.45) is 5.73 Å². The molecule has 0 spiro atoms. The number of amides is 1. The van der Waals surface area contributed by atoms with E-state index in [0.29, 0.717) is 16.6 Å². The van der Waals surface area contributed by atoms with Crippen LogP contribution in [0.1, 0.15) is 15.9 Å². The van der Waals surface area contributed by atoms with E-state index >= 15 is 0 Å². The van der Waals surface area contributed by atoms with Crippen molar-refractivity contribution in [2.45, 2.75) is 12.5 Å². The molecular weight excluding hydrogens is 335 g/mol. The van der Waals surface area contributed by atoms with Crippen molar-refractivity contribution >= 4 is 27.5 Å². The summed E-state index contributed by atoms with van der Waals surface area (Å²) in [5.74, 6) is -0.557. The Morgan fingerprint density at radius 1 is 1.29 bits per heavy atom. The van der Waals surface area contributed by atoms with Crippen molar-refractivity contribution in [1.29, 1.82) is 0 Å². The average molecular weight is 349 g/mol. The molecule has 1 aliphatic rings. The standard InChI is InChI=1S/C16H14BrFN2O/c17-14-8-11(18)5-6-13(14)16(21)20-9-12(19)7-10-3-1-2-4-15(10)20/h1-6,8,12H,7,9,19H2. The average Bonchev–Trinajstić information content (AvgIpc) is 2.45. The SMILES string of the molecule is NC1Cc2ccccc2N(C(=O)c2ccc(F)cc2Br)C1. The maximum Gasteiger partial charge on any atom is 0.259 e. The molecule has 1 atom stereocenters. The lowest BCUT2D eigenvalue weighted by molar-refractivity contribution is 0.0982. The van der Waals surface area contributed by atoms with E-state index in [1.54, 1.807) is 4.90 Å². The number of hydrogen-bond acceptors (Lipinski definition) is 2. The van der Waals surface area contributed by atoms with Gasteiger partial charge in [-0.05, 0) is 52.2 Å². The molecule has 3 rings (SSSR count). The van der Waals surface area contributed by atoms with Gasteiger partial charge in [0.1, 0.15) is 5.82 Å². The number of para-hydroxylation sites is 1. The number of rotatable bonds is 1. The molecular formula is C16H14BrFN2O. The summed E-state index contributed by atoms with van der Waals surface area (Å²) in [4.78, 5) is 14.4. The fraction of sp³-hybridized carbons (Fsp3) is 0.188. The van der Waals surface area contributed by atoms with Crippen LogP contribution in [-0.4, -0.2) is 18.5 Å². The van der Waals surface area contributed by atoms with Crippen molar-refractivity contribution in [2.75, 3.05) is 11.4 Å². The molecule has 0 radical (unpaired) electrons. The summed E-state index contributed by atoms with van der Waals surface area (Å²) in [7, 11) is 0. The second kappa shape index (κ2) is 5.58. The third kappa shape index (κ3) is 2.71. The lowest BCUT2D eigenvalue weighted by Crippen LogP contribution is -2.46. The van der Waals surface area contributed by atoms with Crippen LogP contribution in [-0.2, 0) is 6.42 Å². The monoisotopic (exact) mass is 348 g/mol. The molecule has 2 aromatic carbocycles. The first-order valence-electron chi connectivity index (χ1n) is 6.66. The van der Waals surface area contributed by atoms with Crippen molar-refractivity contribution in [3.8, 4) is 0 Å². The Balaban J connectivity index is 2.02. The second-order valence-corrected chi connectivity index (χ2v) is 5.99. The highest BCUT2D eigenvalue weighted by atomic mass is 79.9. The van der Waals surface area contributed by atoms with Crippen LogP contribution in [0.5, 0.6) is 0 Å². The van der Waals surface area contributed by atoms with E-state index in [4.69, 9.17) is 5.73 Å². The zero-order valence-electron chi connectivity index (χ0n) is 11.2. The molecule has 3 nitrogen and oxygen atoms in total. The maximum absolute atomic E-state index is 13.2. The normalized spacial score (nSPS) is 17.5. The van der Waals surface area contributed by atoms with Gasteiger partial charge < -0.3 is 10.6 Å². The minimum Gasteiger partial charge on any atom is -0.326 e. The van der Waals surface area contributed by atoms with Gasteiger partial charge in [0.15, 0.2) is 0 Å². The Kier molecular flexibility index (Phi) is 3.78. The summed E-state index contributed by atoms with van der Waals surface area (Å²) < 4.78 is 13.6. The number of carbonyl (C=O) groups excluding carboxylic acids is 1. The van der Waals surface area contributed by atoms with Gasteiger partial charge in [0, 0.05) is 22.7 Å². The van der Waals surface area contributed by atoms with Crippen molar-refractivity contribution in [1.82, 2.24) is 0 Å².